The molecule has 0 bridgehead atoms. The van der Waals surface area contributed by atoms with E-state index in [-0.39, 0.29) is 5.82 Å². The molecule has 1 aromatic carbocycles. The first-order valence-corrected chi connectivity index (χ1v) is 7.67. The van der Waals surface area contributed by atoms with E-state index in [1.54, 1.807) is 6.07 Å². The Balaban J connectivity index is 1.99. The first-order valence-electron chi connectivity index (χ1n) is 6.88. The fourth-order valence-corrected chi connectivity index (χ4v) is 2.92. The minimum Gasteiger partial charge on any atom is -0.313 e. The molecule has 0 spiro atoms. The van der Waals surface area contributed by atoms with Crippen molar-refractivity contribution in [3.63, 3.8) is 0 Å². The molecule has 1 aliphatic rings. The average molecular weight is 314 g/mol. The third-order valence-electron chi connectivity index (χ3n) is 3.82. The molecule has 1 unspecified atom stereocenters. The van der Waals surface area contributed by atoms with Crippen molar-refractivity contribution in [3.05, 3.63) is 34.1 Å². The maximum Gasteiger partial charge on any atom is 0.137 e. The van der Waals surface area contributed by atoms with Gasteiger partial charge in [-0.05, 0) is 71.8 Å². The van der Waals surface area contributed by atoms with Crippen LogP contribution in [0, 0.1) is 11.7 Å². The van der Waals surface area contributed by atoms with Crippen molar-refractivity contribution in [2.45, 2.75) is 45.1 Å². The Bertz CT molecular complexity index is 390. The van der Waals surface area contributed by atoms with Crippen LogP contribution in [0.1, 0.15) is 38.2 Å². The third-order valence-corrected chi connectivity index (χ3v) is 4.42. The molecule has 0 heterocycles. The predicted molar refractivity (Wildman–Crippen MR) is 77.2 cm³/mol. The highest BCUT2D eigenvalue weighted by atomic mass is 79.9. The zero-order chi connectivity index (χ0) is 13.0. The molecule has 0 aromatic heterocycles. The number of benzene rings is 1. The van der Waals surface area contributed by atoms with Gasteiger partial charge in [-0.15, -0.1) is 0 Å². The van der Waals surface area contributed by atoms with E-state index in [1.165, 1.54) is 24.8 Å². The van der Waals surface area contributed by atoms with E-state index in [9.17, 15) is 4.39 Å². The summed E-state index contributed by atoms with van der Waals surface area (Å²) >= 11 is 3.26. The Hall–Kier alpha value is -0.410. The van der Waals surface area contributed by atoms with Crippen LogP contribution < -0.4 is 5.32 Å². The molecule has 1 atom stereocenters. The van der Waals surface area contributed by atoms with Crippen molar-refractivity contribution in [1.82, 2.24) is 5.32 Å². The van der Waals surface area contributed by atoms with Crippen LogP contribution in [-0.4, -0.2) is 12.6 Å². The van der Waals surface area contributed by atoms with Gasteiger partial charge in [-0.1, -0.05) is 19.4 Å². The minimum atomic E-state index is -0.180. The van der Waals surface area contributed by atoms with Gasteiger partial charge in [-0.25, -0.2) is 4.39 Å². The summed E-state index contributed by atoms with van der Waals surface area (Å²) in [7, 11) is 0. The zero-order valence-corrected chi connectivity index (χ0v) is 12.5. The molecule has 0 radical (unpaired) electrons. The van der Waals surface area contributed by atoms with Gasteiger partial charge in [0.2, 0.25) is 0 Å². The maximum absolute atomic E-state index is 13.2. The second-order valence-corrected chi connectivity index (χ2v) is 6.06. The number of halogens is 2. The van der Waals surface area contributed by atoms with Crippen LogP contribution in [0.4, 0.5) is 4.39 Å². The van der Waals surface area contributed by atoms with Crippen molar-refractivity contribution in [3.8, 4) is 0 Å². The Kier molecular flexibility index (Phi) is 5.19. The molecule has 0 amide bonds. The standard InChI is InChI=1S/C15H21BrFN/c1-2-8-18-15(12-4-3-5-12)10-11-6-7-14(17)13(16)9-11/h6-7,9,12,15,18H,2-5,8,10H2,1H3. The second-order valence-electron chi connectivity index (χ2n) is 5.20. The Morgan fingerprint density at radius 2 is 2.22 bits per heavy atom. The highest BCUT2D eigenvalue weighted by molar-refractivity contribution is 9.10. The fourth-order valence-electron chi connectivity index (χ4n) is 2.50. The largest absolute Gasteiger partial charge is 0.313 e. The molecule has 1 aliphatic carbocycles. The Morgan fingerprint density at radius 3 is 2.78 bits per heavy atom. The van der Waals surface area contributed by atoms with E-state index in [1.807, 2.05) is 12.1 Å². The predicted octanol–water partition coefficient (Wildman–Crippen LogP) is 4.30. The van der Waals surface area contributed by atoms with Gasteiger partial charge >= 0.3 is 0 Å². The van der Waals surface area contributed by atoms with Crippen LogP contribution in [-0.2, 0) is 6.42 Å². The molecule has 2 rings (SSSR count). The topological polar surface area (TPSA) is 12.0 Å². The van der Waals surface area contributed by atoms with Gasteiger partial charge in [0.05, 0.1) is 4.47 Å². The van der Waals surface area contributed by atoms with Crippen LogP contribution in [0.2, 0.25) is 0 Å². The highest BCUT2D eigenvalue weighted by Crippen LogP contribution is 2.31. The molecule has 1 nitrogen and oxygen atoms in total. The number of hydrogen-bond donors (Lipinski definition) is 1. The Labute approximate surface area is 117 Å². The molecule has 0 aliphatic heterocycles. The summed E-state index contributed by atoms with van der Waals surface area (Å²) in [5, 5.41) is 3.64. The number of hydrogen-bond acceptors (Lipinski definition) is 1. The second kappa shape index (κ2) is 6.67. The summed E-state index contributed by atoms with van der Waals surface area (Å²) in [5.41, 5.74) is 1.21. The molecule has 1 aromatic rings. The van der Waals surface area contributed by atoms with Gasteiger partial charge in [0, 0.05) is 6.04 Å². The third kappa shape index (κ3) is 3.55. The van der Waals surface area contributed by atoms with Crippen LogP contribution in [0.5, 0.6) is 0 Å². The molecule has 3 heteroatoms. The number of rotatable bonds is 6. The molecule has 18 heavy (non-hydrogen) atoms. The van der Waals surface area contributed by atoms with Crippen LogP contribution >= 0.6 is 15.9 Å². The van der Waals surface area contributed by atoms with E-state index in [0.29, 0.717) is 10.5 Å². The first-order chi connectivity index (χ1) is 8.70. The molecule has 0 saturated heterocycles. The van der Waals surface area contributed by atoms with E-state index in [0.717, 1.165) is 25.3 Å². The van der Waals surface area contributed by atoms with E-state index < -0.39 is 0 Å². The minimum absolute atomic E-state index is 0.180. The maximum atomic E-state index is 13.2. The molecule has 1 fully saturated rings. The van der Waals surface area contributed by atoms with Gasteiger partial charge in [0.15, 0.2) is 0 Å². The quantitative estimate of drug-likeness (QED) is 0.825. The van der Waals surface area contributed by atoms with Gasteiger partial charge in [0.25, 0.3) is 0 Å². The molecular formula is C15H21BrFN. The summed E-state index contributed by atoms with van der Waals surface area (Å²) in [6.45, 7) is 3.27. The molecule has 1 N–H and O–H groups in total. The molecule has 100 valence electrons. The normalized spacial score (nSPS) is 17.5. The van der Waals surface area contributed by atoms with Crippen molar-refractivity contribution >= 4 is 15.9 Å². The fraction of sp³-hybridized carbons (Fsp3) is 0.600. The van der Waals surface area contributed by atoms with Crippen LogP contribution in [0.15, 0.2) is 22.7 Å². The van der Waals surface area contributed by atoms with E-state index >= 15 is 0 Å². The lowest BCUT2D eigenvalue weighted by Gasteiger charge is -2.34. The van der Waals surface area contributed by atoms with Crippen molar-refractivity contribution < 1.29 is 4.39 Å². The van der Waals surface area contributed by atoms with Crippen LogP contribution in [0.25, 0.3) is 0 Å². The summed E-state index contributed by atoms with van der Waals surface area (Å²) in [4.78, 5) is 0. The van der Waals surface area contributed by atoms with Gasteiger partial charge in [0.1, 0.15) is 5.82 Å². The van der Waals surface area contributed by atoms with Gasteiger partial charge in [-0.2, -0.15) is 0 Å². The molecule has 1 saturated carbocycles. The summed E-state index contributed by atoms with van der Waals surface area (Å²) < 4.78 is 13.8. The zero-order valence-electron chi connectivity index (χ0n) is 10.9. The van der Waals surface area contributed by atoms with Gasteiger partial charge < -0.3 is 5.32 Å². The van der Waals surface area contributed by atoms with E-state index in [4.69, 9.17) is 0 Å². The summed E-state index contributed by atoms with van der Waals surface area (Å²) in [6.07, 6.45) is 6.20. The molecular weight excluding hydrogens is 293 g/mol. The highest BCUT2D eigenvalue weighted by Gasteiger charge is 2.26. The lowest BCUT2D eigenvalue weighted by Crippen LogP contribution is -2.41. The van der Waals surface area contributed by atoms with Crippen LogP contribution in [0.3, 0.4) is 0 Å². The monoisotopic (exact) mass is 313 g/mol. The Morgan fingerprint density at radius 1 is 1.44 bits per heavy atom. The first kappa shape index (κ1) is 14.0. The summed E-state index contributed by atoms with van der Waals surface area (Å²) in [6, 6.07) is 5.92. The van der Waals surface area contributed by atoms with Gasteiger partial charge in [-0.3, -0.25) is 0 Å². The van der Waals surface area contributed by atoms with Crippen molar-refractivity contribution in [2.24, 2.45) is 5.92 Å². The smallest absolute Gasteiger partial charge is 0.137 e. The van der Waals surface area contributed by atoms with E-state index in [2.05, 4.69) is 28.2 Å². The number of nitrogens with one attached hydrogen (secondary N) is 1. The van der Waals surface area contributed by atoms with Crippen molar-refractivity contribution in [2.75, 3.05) is 6.54 Å². The van der Waals surface area contributed by atoms with Crippen molar-refractivity contribution in [1.29, 1.82) is 0 Å². The summed E-state index contributed by atoms with van der Waals surface area (Å²) in [5.74, 6) is 0.626. The lowest BCUT2D eigenvalue weighted by molar-refractivity contribution is 0.227. The average Bonchev–Trinajstić information content (AvgIpc) is 2.28. The SMILES string of the molecule is CCCNC(Cc1ccc(F)c(Br)c1)C1CCC1. The lowest BCUT2D eigenvalue weighted by atomic mass is 9.77.